The number of carbonyl (C=O) groups excluding carboxylic acids is 2. The number of hydrogen-bond donors (Lipinski definition) is 1. The predicted octanol–water partition coefficient (Wildman–Crippen LogP) is 1.70. The average Bonchev–Trinajstić information content (AvgIpc) is 2.67. The Morgan fingerprint density at radius 2 is 1.90 bits per heavy atom. The van der Waals surface area contributed by atoms with Crippen molar-refractivity contribution in [2.45, 2.75) is 25.8 Å². The Morgan fingerprint density at radius 1 is 1.25 bits per heavy atom. The fourth-order valence-corrected chi connectivity index (χ4v) is 2.31. The first-order valence-electron chi connectivity index (χ1n) is 6.91. The van der Waals surface area contributed by atoms with E-state index in [2.05, 4.69) is 5.32 Å². The molecular formula is C15H21N3O2. The fraction of sp³-hybridized carbons (Fsp3) is 0.467. The van der Waals surface area contributed by atoms with E-state index in [-0.39, 0.29) is 18.2 Å². The van der Waals surface area contributed by atoms with E-state index in [1.54, 1.807) is 0 Å². The monoisotopic (exact) mass is 275 g/mol. The van der Waals surface area contributed by atoms with E-state index in [0.717, 1.165) is 17.8 Å². The van der Waals surface area contributed by atoms with Gasteiger partial charge in [-0.05, 0) is 30.7 Å². The van der Waals surface area contributed by atoms with Crippen molar-refractivity contribution >= 4 is 23.2 Å². The number of rotatable bonds is 5. The molecule has 1 N–H and O–H groups in total. The van der Waals surface area contributed by atoms with Gasteiger partial charge in [0, 0.05) is 32.0 Å². The number of amides is 2. The standard InChI is InChI=1S/C15H21N3O2/c1-4-9-18-14(19)10-13(15(18)20)16-11-5-7-12(8-6-11)17(2)3/h5-8,13,16H,4,9-10H2,1-3H3/t13-/m1/s1. The summed E-state index contributed by atoms with van der Waals surface area (Å²) in [7, 11) is 3.95. The van der Waals surface area contributed by atoms with Gasteiger partial charge in [-0.3, -0.25) is 14.5 Å². The first-order valence-corrected chi connectivity index (χ1v) is 6.91. The molecule has 1 fully saturated rings. The molecule has 0 saturated carbocycles. The molecule has 1 heterocycles. The molecule has 0 spiro atoms. The molecule has 0 radical (unpaired) electrons. The molecule has 20 heavy (non-hydrogen) atoms. The van der Waals surface area contributed by atoms with Crippen LogP contribution < -0.4 is 10.2 Å². The lowest BCUT2D eigenvalue weighted by atomic mass is 10.2. The van der Waals surface area contributed by atoms with E-state index in [4.69, 9.17) is 0 Å². The minimum atomic E-state index is -0.431. The zero-order valence-corrected chi connectivity index (χ0v) is 12.2. The quantitative estimate of drug-likeness (QED) is 0.831. The summed E-state index contributed by atoms with van der Waals surface area (Å²) in [4.78, 5) is 27.3. The van der Waals surface area contributed by atoms with Gasteiger partial charge in [-0.1, -0.05) is 6.92 Å². The summed E-state index contributed by atoms with van der Waals surface area (Å²) in [5, 5.41) is 3.15. The maximum Gasteiger partial charge on any atom is 0.252 e. The smallest absolute Gasteiger partial charge is 0.252 e. The van der Waals surface area contributed by atoms with E-state index in [1.165, 1.54) is 4.90 Å². The molecule has 0 aromatic heterocycles. The number of carbonyl (C=O) groups is 2. The predicted molar refractivity (Wildman–Crippen MR) is 79.8 cm³/mol. The van der Waals surface area contributed by atoms with Gasteiger partial charge < -0.3 is 10.2 Å². The Kier molecular flexibility index (Phi) is 4.27. The number of nitrogens with one attached hydrogen (secondary N) is 1. The molecule has 108 valence electrons. The van der Waals surface area contributed by atoms with E-state index in [0.29, 0.717) is 6.54 Å². The first kappa shape index (κ1) is 14.4. The topological polar surface area (TPSA) is 52.7 Å². The zero-order chi connectivity index (χ0) is 14.7. The molecule has 0 unspecified atom stereocenters. The van der Waals surface area contributed by atoms with Gasteiger partial charge in [-0.2, -0.15) is 0 Å². The van der Waals surface area contributed by atoms with Crippen LogP contribution in [0.15, 0.2) is 24.3 Å². The highest BCUT2D eigenvalue weighted by atomic mass is 16.2. The molecule has 2 rings (SSSR count). The van der Waals surface area contributed by atoms with Gasteiger partial charge in [-0.25, -0.2) is 0 Å². The number of hydrogen-bond acceptors (Lipinski definition) is 4. The van der Waals surface area contributed by atoms with Crippen LogP contribution in [0, 0.1) is 0 Å². The van der Waals surface area contributed by atoms with Gasteiger partial charge >= 0.3 is 0 Å². The Labute approximate surface area is 119 Å². The Bertz CT molecular complexity index is 496. The van der Waals surface area contributed by atoms with Crippen molar-refractivity contribution in [1.82, 2.24) is 4.90 Å². The van der Waals surface area contributed by atoms with E-state index in [9.17, 15) is 9.59 Å². The van der Waals surface area contributed by atoms with Crippen molar-refractivity contribution in [3.8, 4) is 0 Å². The van der Waals surface area contributed by atoms with Crippen molar-refractivity contribution < 1.29 is 9.59 Å². The van der Waals surface area contributed by atoms with Gasteiger partial charge in [0.1, 0.15) is 6.04 Å². The molecule has 1 aliphatic heterocycles. The first-order chi connectivity index (χ1) is 9.52. The summed E-state index contributed by atoms with van der Waals surface area (Å²) >= 11 is 0. The van der Waals surface area contributed by atoms with Gasteiger partial charge in [-0.15, -0.1) is 0 Å². The summed E-state index contributed by atoms with van der Waals surface area (Å²) in [6.07, 6.45) is 1.04. The SMILES string of the molecule is CCCN1C(=O)C[C@@H](Nc2ccc(N(C)C)cc2)C1=O. The molecule has 1 aromatic rings. The molecule has 1 saturated heterocycles. The average molecular weight is 275 g/mol. The van der Waals surface area contributed by atoms with Gasteiger partial charge in [0.05, 0.1) is 6.42 Å². The van der Waals surface area contributed by atoms with E-state index >= 15 is 0 Å². The fourth-order valence-electron chi connectivity index (χ4n) is 2.31. The highest BCUT2D eigenvalue weighted by Gasteiger charge is 2.37. The molecule has 5 heteroatoms. The number of anilines is 2. The largest absolute Gasteiger partial charge is 0.378 e. The Morgan fingerprint density at radius 3 is 2.45 bits per heavy atom. The van der Waals surface area contributed by atoms with Crippen molar-refractivity contribution in [2.24, 2.45) is 0 Å². The molecular weight excluding hydrogens is 254 g/mol. The normalized spacial score (nSPS) is 18.6. The lowest BCUT2D eigenvalue weighted by Gasteiger charge is -2.16. The van der Waals surface area contributed by atoms with Crippen molar-refractivity contribution in [3.63, 3.8) is 0 Å². The molecule has 0 bridgehead atoms. The number of imide groups is 1. The summed E-state index contributed by atoms with van der Waals surface area (Å²) in [6.45, 7) is 2.47. The lowest BCUT2D eigenvalue weighted by molar-refractivity contribution is -0.138. The second kappa shape index (κ2) is 5.94. The minimum Gasteiger partial charge on any atom is -0.378 e. The van der Waals surface area contributed by atoms with E-state index < -0.39 is 6.04 Å². The van der Waals surface area contributed by atoms with Crippen LogP contribution in [-0.2, 0) is 9.59 Å². The minimum absolute atomic E-state index is 0.0840. The maximum atomic E-state index is 12.1. The van der Waals surface area contributed by atoms with Crippen LogP contribution in [0.2, 0.25) is 0 Å². The molecule has 1 aromatic carbocycles. The summed E-state index contributed by atoms with van der Waals surface area (Å²) < 4.78 is 0. The van der Waals surface area contributed by atoms with Gasteiger partial charge in [0.25, 0.3) is 5.91 Å². The third kappa shape index (κ3) is 2.92. The van der Waals surface area contributed by atoms with Crippen molar-refractivity contribution in [2.75, 3.05) is 30.9 Å². The summed E-state index contributed by atoms with van der Waals surface area (Å²) in [5.41, 5.74) is 1.96. The van der Waals surface area contributed by atoms with Crippen LogP contribution in [0.4, 0.5) is 11.4 Å². The molecule has 1 atom stereocenters. The summed E-state index contributed by atoms with van der Waals surface area (Å²) in [6, 6.07) is 7.38. The molecule has 1 aliphatic rings. The molecule has 0 aliphatic carbocycles. The second-order valence-corrected chi connectivity index (χ2v) is 5.23. The van der Waals surface area contributed by atoms with Crippen LogP contribution in [0.1, 0.15) is 19.8 Å². The second-order valence-electron chi connectivity index (χ2n) is 5.23. The van der Waals surface area contributed by atoms with Crippen molar-refractivity contribution in [1.29, 1.82) is 0 Å². The Balaban J connectivity index is 2.03. The molecule has 5 nitrogen and oxygen atoms in total. The van der Waals surface area contributed by atoms with Crippen LogP contribution >= 0.6 is 0 Å². The van der Waals surface area contributed by atoms with Gasteiger partial charge in [0.15, 0.2) is 0 Å². The highest BCUT2D eigenvalue weighted by Crippen LogP contribution is 2.21. The van der Waals surface area contributed by atoms with Gasteiger partial charge in [0.2, 0.25) is 5.91 Å². The van der Waals surface area contributed by atoms with Crippen LogP contribution in [0.5, 0.6) is 0 Å². The third-order valence-electron chi connectivity index (χ3n) is 3.42. The highest BCUT2D eigenvalue weighted by molar-refractivity contribution is 6.06. The third-order valence-corrected chi connectivity index (χ3v) is 3.42. The molecule has 2 amide bonds. The van der Waals surface area contributed by atoms with Crippen LogP contribution in [-0.4, -0.2) is 43.4 Å². The number of nitrogens with zero attached hydrogens (tertiary/aromatic N) is 2. The number of benzene rings is 1. The maximum absolute atomic E-state index is 12.1. The number of likely N-dealkylation sites (tertiary alicyclic amines) is 1. The van der Waals surface area contributed by atoms with Crippen LogP contribution in [0.3, 0.4) is 0 Å². The van der Waals surface area contributed by atoms with Crippen LogP contribution in [0.25, 0.3) is 0 Å². The summed E-state index contributed by atoms with van der Waals surface area (Å²) in [5.74, 6) is -0.201. The Hall–Kier alpha value is -2.04. The lowest BCUT2D eigenvalue weighted by Crippen LogP contribution is -2.35. The van der Waals surface area contributed by atoms with Crippen molar-refractivity contribution in [3.05, 3.63) is 24.3 Å². The van der Waals surface area contributed by atoms with E-state index in [1.807, 2.05) is 50.2 Å². The zero-order valence-electron chi connectivity index (χ0n) is 12.2.